The number of methoxy groups -OCH3 is 1. The minimum atomic E-state index is 0.172. The molecule has 1 aliphatic rings. The minimum absolute atomic E-state index is 0.172. The predicted molar refractivity (Wildman–Crippen MR) is 103 cm³/mol. The van der Waals surface area contributed by atoms with Gasteiger partial charge in [0.1, 0.15) is 5.82 Å². The zero-order valence-electron chi connectivity index (χ0n) is 15.9. The van der Waals surface area contributed by atoms with Crippen LogP contribution in [0.15, 0.2) is 12.4 Å². The van der Waals surface area contributed by atoms with E-state index in [0.717, 1.165) is 43.9 Å². The highest BCUT2D eigenvalue weighted by molar-refractivity contribution is 5.52. The third-order valence-electron chi connectivity index (χ3n) is 4.62. The number of hydrogen-bond acceptors (Lipinski definition) is 7. The SMILES string of the molecule is CC[C@H](Nc1nc(NCCOC)nc2c1CCNCC2)c1cnn(C)c1. The number of ether oxygens (including phenoxy) is 1. The Bertz CT molecular complexity index is 716. The number of rotatable bonds is 8. The number of fused-ring (bicyclic) bond motifs is 1. The third-order valence-corrected chi connectivity index (χ3v) is 4.62. The molecule has 2 aromatic heterocycles. The van der Waals surface area contributed by atoms with Crippen molar-refractivity contribution in [3.63, 3.8) is 0 Å². The summed E-state index contributed by atoms with van der Waals surface area (Å²) in [6.45, 7) is 5.38. The molecule has 0 amide bonds. The lowest BCUT2D eigenvalue weighted by atomic mass is 10.1. The monoisotopic (exact) mass is 359 g/mol. The lowest BCUT2D eigenvalue weighted by Crippen LogP contribution is -2.17. The Morgan fingerprint density at radius 3 is 2.88 bits per heavy atom. The number of aryl methyl sites for hydroxylation is 1. The van der Waals surface area contributed by atoms with Gasteiger partial charge >= 0.3 is 0 Å². The highest BCUT2D eigenvalue weighted by Crippen LogP contribution is 2.27. The number of aromatic nitrogens is 4. The Morgan fingerprint density at radius 2 is 2.15 bits per heavy atom. The van der Waals surface area contributed by atoms with Crippen LogP contribution < -0.4 is 16.0 Å². The van der Waals surface area contributed by atoms with Crippen LogP contribution in [-0.4, -0.2) is 53.1 Å². The molecule has 3 rings (SSSR count). The topological polar surface area (TPSA) is 88.9 Å². The molecule has 3 heterocycles. The van der Waals surface area contributed by atoms with Crippen molar-refractivity contribution in [1.82, 2.24) is 25.1 Å². The van der Waals surface area contributed by atoms with Gasteiger partial charge in [-0.3, -0.25) is 4.68 Å². The molecule has 26 heavy (non-hydrogen) atoms. The van der Waals surface area contributed by atoms with E-state index in [2.05, 4.69) is 34.2 Å². The summed E-state index contributed by atoms with van der Waals surface area (Å²) in [6.07, 6.45) is 6.77. The van der Waals surface area contributed by atoms with Crippen molar-refractivity contribution in [1.29, 1.82) is 0 Å². The van der Waals surface area contributed by atoms with Crippen LogP contribution >= 0.6 is 0 Å². The first-order valence-electron chi connectivity index (χ1n) is 9.29. The Balaban J connectivity index is 1.88. The molecule has 1 atom stereocenters. The van der Waals surface area contributed by atoms with Gasteiger partial charge in [0.05, 0.1) is 24.5 Å². The lowest BCUT2D eigenvalue weighted by molar-refractivity contribution is 0.210. The molecule has 0 aliphatic carbocycles. The highest BCUT2D eigenvalue weighted by atomic mass is 16.5. The van der Waals surface area contributed by atoms with Crippen molar-refractivity contribution in [2.75, 3.05) is 44.0 Å². The zero-order chi connectivity index (χ0) is 18.4. The van der Waals surface area contributed by atoms with E-state index in [1.807, 2.05) is 17.9 Å². The molecule has 0 fully saturated rings. The third kappa shape index (κ3) is 4.50. The fourth-order valence-corrected chi connectivity index (χ4v) is 3.21. The van der Waals surface area contributed by atoms with Gasteiger partial charge in [0.25, 0.3) is 0 Å². The van der Waals surface area contributed by atoms with Gasteiger partial charge in [-0.2, -0.15) is 10.1 Å². The van der Waals surface area contributed by atoms with Crippen molar-refractivity contribution in [2.45, 2.75) is 32.2 Å². The predicted octanol–water partition coefficient (Wildman–Crippen LogP) is 1.52. The van der Waals surface area contributed by atoms with Crippen LogP contribution in [0.1, 0.15) is 36.2 Å². The summed E-state index contributed by atoms with van der Waals surface area (Å²) in [5.41, 5.74) is 3.51. The molecule has 0 radical (unpaired) electrons. The van der Waals surface area contributed by atoms with Gasteiger partial charge < -0.3 is 20.7 Å². The van der Waals surface area contributed by atoms with E-state index in [1.165, 1.54) is 11.1 Å². The summed E-state index contributed by atoms with van der Waals surface area (Å²) in [6, 6.07) is 0.172. The standard InChI is InChI=1S/C18H29N7O/c1-4-15(13-11-21-25(2)12-13)22-17-14-5-7-19-8-6-16(14)23-18(24-17)20-9-10-26-3/h11-12,15,19H,4-10H2,1-3H3,(H2,20,22,23,24)/t15-/m0/s1. The van der Waals surface area contributed by atoms with Gasteiger partial charge in [0.2, 0.25) is 5.95 Å². The second-order valence-corrected chi connectivity index (χ2v) is 6.54. The second-order valence-electron chi connectivity index (χ2n) is 6.54. The quantitative estimate of drug-likeness (QED) is 0.616. The van der Waals surface area contributed by atoms with Crippen LogP contribution in [0.4, 0.5) is 11.8 Å². The van der Waals surface area contributed by atoms with E-state index in [1.54, 1.807) is 7.11 Å². The van der Waals surface area contributed by atoms with E-state index < -0.39 is 0 Å². The summed E-state index contributed by atoms with van der Waals surface area (Å²) < 4.78 is 6.95. The van der Waals surface area contributed by atoms with Crippen molar-refractivity contribution in [3.8, 4) is 0 Å². The van der Waals surface area contributed by atoms with E-state index in [4.69, 9.17) is 14.7 Å². The first kappa shape index (κ1) is 18.6. The molecule has 0 unspecified atom stereocenters. The van der Waals surface area contributed by atoms with Gasteiger partial charge in [-0.05, 0) is 19.4 Å². The van der Waals surface area contributed by atoms with Gasteiger partial charge in [0.15, 0.2) is 0 Å². The maximum Gasteiger partial charge on any atom is 0.224 e. The Labute approximate surface area is 154 Å². The summed E-state index contributed by atoms with van der Waals surface area (Å²) in [5.74, 6) is 1.58. The number of nitrogens with one attached hydrogen (secondary N) is 3. The van der Waals surface area contributed by atoms with Gasteiger partial charge in [0, 0.05) is 51.0 Å². The number of nitrogens with zero attached hydrogens (tertiary/aromatic N) is 4. The molecular formula is C18H29N7O. The molecule has 0 bridgehead atoms. The minimum Gasteiger partial charge on any atom is -0.383 e. The summed E-state index contributed by atoms with van der Waals surface area (Å²) in [4.78, 5) is 9.52. The van der Waals surface area contributed by atoms with E-state index in [0.29, 0.717) is 19.1 Å². The highest BCUT2D eigenvalue weighted by Gasteiger charge is 2.20. The van der Waals surface area contributed by atoms with Crippen molar-refractivity contribution < 1.29 is 4.74 Å². The maximum absolute atomic E-state index is 5.12. The Morgan fingerprint density at radius 1 is 1.31 bits per heavy atom. The summed E-state index contributed by atoms with van der Waals surface area (Å²) in [5, 5.41) is 14.7. The van der Waals surface area contributed by atoms with Crippen molar-refractivity contribution in [3.05, 3.63) is 29.2 Å². The molecular weight excluding hydrogens is 330 g/mol. The molecule has 0 spiro atoms. The van der Waals surface area contributed by atoms with Crippen molar-refractivity contribution in [2.24, 2.45) is 7.05 Å². The maximum atomic E-state index is 5.12. The molecule has 0 saturated carbocycles. The van der Waals surface area contributed by atoms with Crippen LogP contribution in [0.5, 0.6) is 0 Å². The molecule has 8 heteroatoms. The second kappa shape index (κ2) is 8.95. The van der Waals surface area contributed by atoms with E-state index >= 15 is 0 Å². The first-order chi connectivity index (χ1) is 12.7. The average Bonchev–Trinajstić information content (AvgIpc) is 2.92. The zero-order valence-corrected chi connectivity index (χ0v) is 15.9. The van der Waals surface area contributed by atoms with Gasteiger partial charge in [-0.1, -0.05) is 6.92 Å². The fourth-order valence-electron chi connectivity index (χ4n) is 3.21. The molecule has 0 saturated heterocycles. The number of hydrogen-bond donors (Lipinski definition) is 3. The fraction of sp³-hybridized carbons (Fsp3) is 0.611. The summed E-state index contributed by atoms with van der Waals surface area (Å²) in [7, 11) is 3.63. The van der Waals surface area contributed by atoms with E-state index in [9.17, 15) is 0 Å². The Kier molecular flexibility index (Phi) is 6.40. The van der Waals surface area contributed by atoms with Crippen molar-refractivity contribution >= 4 is 11.8 Å². The molecule has 8 nitrogen and oxygen atoms in total. The normalized spacial score (nSPS) is 15.2. The lowest BCUT2D eigenvalue weighted by Gasteiger charge is -2.20. The Hall–Kier alpha value is -2.19. The van der Waals surface area contributed by atoms with Gasteiger partial charge in [-0.15, -0.1) is 0 Å². The summed E-state index contributed by atoms with van der Waals surface area (Å²) >= 11 is 0. The molecule has 2 aromatic rings. The van der Waals surface area contributed by atoms with E-state index in [-0.39, 0.29) is 6.04 Å². The molecule has 3 N–H and O–H groups in total. The van der Waals surface area contributed by atoms with Crippen LogP contribution in [0.25, 0.3) is 0 Å². The van der Waals surface area contributed by atoms with Gasteiger partial charge in [-0.25, -0.2) is 4.98 Å². The smallest absolute Gasteiger partial charge is 0.224 e. The molecule has 0 aromatic carbocycles. The average molecular weight is 359 g/mol. The molecule has 142 valence electrons. The first-order valence-corrected chi connectivity index (χ1v) is 9.29. The van der Waals surface area contributed by atoms with Crippen LogP contribution in [0.3, 0.4) is 0 Å². The number of anilines is 2. The van der Waals surface area contributed by atoms with Crippen LogP contribution in [0.2, 0.25) is 0 Å². The molecule has 1 aliphatic heterocycles. The van der Waals surface area contributed by atoms with Crippen LogP contribution in [0, 0.1) is 0 Å². The van der Waals surface area contributed by atoms with Crippen LogP contribution in [-0.2, 0) is 24.6 Å². The largest absolute Gasteiger partial charge is 0.383 e.